The summed E-state index contributed by atoms with van der Waals surface area (Å²) in [4.78, 5) is 5.06. The molecule has 0 aliphatic carbocycles. The Balaban J connectivity index is 1.86. The highest BCUT2D eigenvalue weighted by atomic mass is 15.3. The number of rotatable bonds is 3. The van der Waals surface area contributed by atoms with E-state index in [2.05, 4.69) is 60.9 Å². The van der Waals surface area contributed by atoms with E-state index in [0.29, 0.717) is 0 Å². The fourth-order valence-corrected chi connectivity index (χ4v) is 2.40. The summed E-state index contributed by atoms with van der Waals surface area (Å²) in [6, 6.07) is 10.8. The van der Waals surface area contributed by atoms with E-state index in [1.807, 2.05) is 0 Å². The van der Waals surface area contributed by atoms with E-state index in [-0.39, 0.29) is 0 Å². The molecule has 1 aromatic rings. The lowest BCUT2D eigenvalue weighted by atomic mass is 10.2. The van der Waals surface area contributed by atoms with Gasteiger partial charge in [-0.05, 0) is 26.3 Å². The van der Waals surface area contributed by atoms with Crippen molar-refractivity contribution in [3.8, 4) is 0 Å². The Bertz CT molecular complexity index is 396. The Morgan fingerprint density at radius 2 is 1.56 bits per heavy atom. The second-order valence-electron chi connectivity index (χ2n) is 5.33. The van der Waals surface area contributed by atoms with Gasteiger partial charge in [-0.3, -0.25) is 4.90 Å². The van der Waals surface area contributed by atoms with Crippen LogP contribution in [-0.4, -0.2) is 36.0 Å². The first-order chi connectivity index (χ1) is 8.66. The number of piperazine rings is 1. The predicted molar refractivity (Wildman–Crippen MR) is 77.3 cm³/mol. The van der Waals surface area contributed by atoms with Crippen molar-refractivity contribution in [1.82, 2.24) is 9.80 Å². The maximum atomic E-state index is 2.55. The molecule has 0 radical (unpaired) electrons. The number of benzene rings is 1. The van der Waals surface area contributed by atoms with Crippen molar-refractivity contribution in [3.63, 3.8) is 0 Å². The van der Waals surface area contributed by atoms with Gasteiger partial charge in [-0.1, -0.05) is 35.9 Å². The van der Waals surface area contributed by atoms with E-state index in [1.165, 1.54) is 29.9 Å². The zero-order chi connectivity index (χ0) is 13.0. The number of hydrogen-bond donors (Lipinski definition) is 0. The maximum absolute atomic E-state index is 2.55. The van der Waals surface area contributed by atoms with Crippen molar-refractivity contribution in [2.75, 3.05) is 26.2 Å². The first kappa shape index (κ1) is 13.2. The highest BCUT2D eigenvalue weighted by Gasteiger charge is 2.17. The number of allylic oxidation sites excluding steroid dienone is 2. The van der Waals surface area contributed by atoms with E-state index >= 15 is 0 Å². The van der Waals surface area contributed by atoms with Crippen LogP contribution in [0.3, 0.4) is 0 Å². The molecule has 1 aliphatic rings. The van der Waals surface area contributed by atoms with Crippen molar-refractivity contribution >= 4 is 0 Å². The number of nitrogens with zero attached hydrogens (tertiary/aromatic N) is 2. The van der Waals surface area contributed by atoms with Crippen LogP contribution < -0.4 is 0 Å². The molecule has 1 saturated heterocycles. The fraction of sp³-hybridized carbons (Fsp3) is 0.500. The Labute approximate surface area is 111 Å². The topological polar surface area (TPSA) is 6.48 Å². The maximum Gasteiger partial charge on any atom is 0.0303 e. The molecule has 18 heavy (non-hydrogen) atoms. The van der Waals surface area contributed by atoms with Gasteiger partial charge < -0.3 is 4.90 Å². The molecular weight excluding hydrogens is 220 g/mol. The van der Waals surface area contributed by atoms with Crippen LogP contribution >= 0.6 is 0 Å². The smallest absolute Gasteiger partial charge is 0.0303 e. The number of hydrogen-bond acceptors (Lipinski definition) is 2. The average Bonchev–Trinajstić information content (AvgIpc) is 2.40. The highest BCUT2D eigenvalue weighted by molar-refractivity contribution is 5.14. The predicted octanol–water partition coefficient (Wildman–Crippen LogP) is 3.12. The quantitative estimate of drug-likeness (QED) is 0.806. The van der Waals surface area contributed by atoms with Crippen LogP contribution in [0.2, 0.25) is 0 Å². The Hall–Kier alpha value is -1.28. The van der Waals surface area contributed by atoms with Crippen LogP contribution in [0, 0.1) is 0 Å². The van der Waals surface area contributed by atoms with Crippen LogP contribution in [-0.2, 0) is 6.54 Å². The summed E-state index contributed by atoms with van der Waals surface area (Å²) < 4.78 is 0. The van der Waals surface area contributed by atoms with Crippen molar-refractivity contribution in [2.45, 2.75) is 27.3 Å². The van der Waals surface area contributed by atoms with Crippen molar-refractivity contribution in [2.24, 2.45) is 0 Å². The van der Waals surface area contributed by atoms with Gasteiger partial charge in [-0.15, -0.1) is 0 Å². The van der Waals surface area contributed by atoms with Gasteiger partial charge in [0.15, 0.2) is 0 Å². The van der Waals surface area contributed by atoms with Crippen LogP contribution in [0.1, 0.15) is 26.3 Å². The second-order valence-corrected chi connectivity index (χ2v) is 5.33. The van der Waals surface area contributed by atoms with Gasteiger partial charge in [-0.25, -0.2) is 0 Å². The summed E-state index contributed by atoms with van der Waals surface area (Å²) in [5.74, 6) is 0. The van der Waals surface area contributed by atoms with Crippen molar-refractivity contribution in [1.29, 1.82) is 0 Å². The molecule has 0 amide bonds. The molecule has 0 N–H and O–H groups in total. The van der Waals surface area contributed by atoms with Crippen molar-refractivity contribution < 1.29 is 0 Å². The average molecular weight is 244 g/mol. The van der Waals surface area contributed by atoms with Gasteiger partial charge >= 0.3 is 0 Å². The normalized spacial score (nSPS) is 16.7. The minimum absolute atomic E-state index is 1.09. The minimum atomic E-state index is 1.09. The first-order valence-electron chi connectivity index (χ1n) is 6.82. The molecule has 1 heterocycles. The monoisotopic (exact) mass is 244 g/mol. The van der Waals surface area contributed by atoms with E-state index in [1.54, 1.807) is 0 Å². The molecule has 0 unspecified atom stereocenters. The van der Waals surface area contributed by atoms with E-state index in [4.69, 9.17) is 0 Å². The lowest BCUT2D eigenvalue weighted by molar-refractivity contribution is 0.152. The molecule has 2 heteroatoms. The Morgan fingerprint density at radius 3 is 2.11 bits per heavy atom. The van der Waals surface area contributed by atoms with E-state index in [0.717, 1.165) is 19.6 Å². The molecular formula is C16H24N2. The van der Waals surface area contributed by atoms with E-state index < -0.39 is 0 Å². The summed E-state index contributed by atoms with van der Waals surface area (Å²) in [5.41, 5.74) is 4.31. The summed E-state index contributed by atoms with van der Waals surface area (Å²) in [5, 5.41) is 0. The summed E-state index contributed by atoms with van der Waals surface area (Å²) in [7, 11) is 0. The first-order valence-corrected chi connectivity index (χ1v) is 6.82. The Morgan fingerprint density at radius 1 is 0.944 bits per heavy atom. The van der Waals surface area contributed by atoms with Gasteiger partial charge in [0.25, 0.3) is 0 Å². The molecule has 1 fully saturated rings. The molecule has 2 nitrogen and oxygen atoms in total. The fourth-order valence-electron chi connectivity index (χ4n) is 2.40. The van der Waals surface area contributed by atoms with Crippen LogP contribution in [0.15, 0.2) is 41.6 Å². The van der Waals surface area contributed by atoms with Crippen molar-refractivity contribution in [3.05, 3.63) is 47.2 Å². The lowest BCUT2D eigenvalue weighted by Gasteiger charge is -2.37. The molecule has 0 aromatic heterocycles. The highest BCUT2D eigenvalue weighted by Crippen LogP contribution is 2.14. The van der Waals surface area contributed by atoms with Gasteiger partial charge in [0.2, 0.25) is 0 Å². The van der Waals surface area contributed by atoms with Gasteiger partial charge in [-0.2, -0.15) is 0 Å². The molecule has 0 bridgehead atoms. The van der Waals surface area contributed by atoms with Gasteiger partial charge in [0.1, 0.15) is 0 Å². The SMILES string of the molecule is CC(C)=C(C)N1CCN(Cc2ccccc2)CC1. The third-order valence-electron chi connectivity index (χ3n) is 3.82. The second kappa shape index (κ2) is 6.05. The van der Waals surface area contributed by atoms with Crippen LogP contribution in [0.25, 0.3) is 0 Å². The third kappa shape index (κ3) is 3.36. The minimum Gasteiger partial charge on any atom is -0.373 e. The summed E-state index contributed by atoms with van der Waals surface area (Å²) in [6.45, 7) is 12.4. The molecule has 1 aromatic carbocycles. The lowest BCUT2D eigenvalue weighted by Crippen LogP contribution is -2.45. The van der Waals surface area contributed by atoms with Gasteiger partial charge in [0, 0.05) is 38.4 Å². The van der Waals surface area contributed by atoms with E-state index in [9.17, 15) is 0 Å². The summed E-state index contributed by atoms with van der Waals surface area (Å²) >= 11 is 0. The molecule has 98 valence electrons. The van der Waals surface area contributed by atoms with Crippen LogP contribution in [0.5, 0.6) is 0 Å². The van der Waals surface area contributed by atoms with Crippen LogP contribution in [0.4, 0.5) is 0 Å². The molecule has 0 saturated carbocycles. The molecule has 1 aliphatic heterocycles. The standard InChI is InChI=1S/C16H24N2/c1-14(2)15(3)18-11-9-17(10-12-18)13-16-7-5-4-6-8-16/h4-8H,9-13H2,1-3H3. The molecule has 0 spiro atoms. The van der Waals surface area contributed by atoms with Gasteiger partial charge in [0.05, 0.1) is 0 Å². The largest absolute Gasteiger partial charge is 0.373 e. The zero-order valence-electron chi connectivity index (χ0n) is 11.8. The summed E-state index contributed by atoms with van der Waals surface area (Å²) in [6.07, 6.45) is 0. The molecule has 0 atom stereocenters. The Kier molecular flexibility index (Phi) is 4.43. The molecule has 2 rings (SSSR count). The third-order valence-corrected chi connectivity index (χ3v) is 3.82. The zero-order valence-corrected chi connectivity index (χ0v) is 11.8.